The van der Waals surface area contributed by atoms with Crippen LogP contribution in [0.2, 0.25) is 0 Å². The molecule has 0 spiro atoms. The fraction of sp³-hybridized carbons (Fsp3) is 0.444. The zero-order valence-corrected chi connectivity index (χ0v) is 16.0. The molecule has 1 heterocycles. The molecule has 0 saturated heterocycles. The maximum atomic E-state index is 11.9. The summed E-state index contributed by atoms with van der Waals surface area (Å²) in [6.45, 7) is 0.282. The third kappa shape index (κ3) is 9.48. The summed E-state index contributed by atoms with van der Waals surface area (Å²) in [5.41, 5.74) is 0.259. The number of aliphatic carboxylic acids is 3. The highest BCUT2D eigenvalue weighted by Gasteiger charge is 2.24. The van der Waals surface area contributed by atoms with Gasteiger partial charge >= 0.3 is 23.9 Å². The van der Waals surface area contributed by atoms with E-state index in [1.165, 1.54) is 6.20 Å². The predicted octanol–water partition coefficient (Wildman–Crippen LogP) is 0.0521. The molecule has 0 fully saturated rings. The van der Waals surface area contributed by atoms with Crippen molar-refractivity contribution in [3.63, 3.8) is 0 Å². The van der Waals surface area contributed by atoms with Crippen molar-refractivity contribution < 1.29 is 39.3 Å². The van der Waals surface area contributed by atoms with Gasteiger partial charge in [-0.3, -0.25) is 14.6 Å². The largest absolute Gasteiger partial charge is 0.481 e. The van der Waals surface area contributed by atoms with Crippen LogP contribution in [0.4, 0.5) is 4.79 Å². The molecule has 12 nitrogen and oxygen atoms in total. The van der Waals surface area contributed by atoms with Crippen molar-refractivity contribution in [3.05, 3.63) is 30.1 Å². The second-order valence-corrected chi connectivity index (χ2v) is 6.30. The van der Waals surface area contributed by atoms with E-state index in [4.69, 9.17) is 10.2 Å². The number of nitrogens with one attached hydrogen (secondary N) is 3. The molecule has 3 amide bonds. The van der Waals surface area contributed by atoms with E-state index in [1.807, 2.05) is 0 Å². The number of urea groups is 1. The van der Waals surface area contributed by atoms with Crippen molar-refractivity contribution in [1.82, 2.24) is 20.9 Å². The lowest BCUT2D eigenvalue weighted by atomic mass is 10.1. The number of nitrogens with zero attached hydrogens (tertiary/aromatic N) is 1. The average molecular weight is 424 g/mol. The van der Waals surface area contributed by atoms with E-state index >= 15 is 0 Å². The summed E-state index contributed by atoms with van der Waals surface area (Å²) in [6, 6.07) is 1.15. The van der Waals surface area contributed by atoms with Crippen LogP contribution in [0.25, 0.3) is 0 Å². The van der Waals surface area contributed by atoms with E-state index in [-0.39, 0.29) is 31.0 Å². The number of hydrogen-bond acceptors (Lipinski definition) is 6. The van der Waals surface area contributed by atoms with E-state index in [2.05, 4.69) is 20.9 Å². The molecule has 2 atom stereocenters. The van der Waals surface area contributed by atoms with Crippen LogP contribution in [-0.2, 0) is 14.4 Å². The molecule has 0 aliphatic heterocycles. The number of hydrogen-bond donors (Lipinski definition) is 6. The van der Waals surface area contributed by atoms with E-state index in [1.54, 1.807) is 18.2 Å². The van der Waals surface area contributed by atoms with Gasteiger partial charge in [-0.1, -0.05) is 6.07 Å². The number of aromatic nitrogens is 1. The number of unbranched alkanes of at least 4 members (excludes halogenated alkanes) is 1. The third-order valence-corrected chi connectivity index (χ3v) is 3.96. The summed E-state index contributed by atoms with van der Waals surface area (Å²) in [6.07, 6.45) is 1.54. The Morgan fingerprint density at radius 1 is 0.900 bits per heavy atom. The Morgan fingerprint density at radius 3 is 2.07 bits per heavy atom. The first kappa shape index (κ1) is 24.3. The number of rotatable bonds is 13. The van der Waals surface area contributed by atoms with Gasteiger partial charge in [-0.2, -0.15) is 0 Å². The van der Waals surface area contributed by atoms with Crippen molar-refractivity contribution in [2.45, 2.75) is 44.2 Å². The zero-order chi connectivity index (χ0) is 22.5. The van der Waals surface area contributed by atoms with Crippen LogP contribution in [0.3, 0.4) is 0 Å². The van der Waals surface area contributed by atoms with Gasteiger partial charge in [0.2, 0.25) is 0 Å². The van der Waals surface area contributed by atoms with Gasteiger partial charge in [0, 0.05) is 19.2 Å². The highest BCUT2D eigenvalue weighted by Crippen LogP contribution is 2.03. The molecular weight excluding hydrogens is 400 g/mol. The molecule has 6 N–H and O–H groups in total. The highest BCUT2D eigenvalue weighted by molar-refractivity contribution is 5.92. The second-order valence-electron chi connectivity index (χ2n) is 6.30. The molecule has 0 radical (unpaired) electrons. The van der Waals surface area contributed by atoms with Gasteiger partial charge in [-0.15, -0.1) is 0 Å². The van der Waals surface area contributed by atoms with E-state index in [0.29, 0.717) is 12.8 Å². The molecule has 1 aromatic rings. The highest BCUT2D eigenvalue weighted by atomic mass is 16.4. The topological polar surface area (TPSA) is 195 Å². The average Bonchev–Trinajstić information content (AvgIpc) is 2.69. The lowest BCUT2D eigenvalue weighted by Crippen LogP contribution is -2.51. The SMILES string of the molecule is O=C(O)CC[C@H](NC(=O)N[C@@H](CCCCNC(=O)c1ccccn1)C(=O)O)C(=O)O. The summed E-state index contributed by atoms with van der Waals surface area (Å²) in [4.78, 5) is 60.6. The quantitative estimate of drug-likeness (QED) is 0.237. The third-order valence-electron chi connectivity index (χ3n) is 3.96. The minimum Gasteiger partial charge on any atom is -0.481 e. The molecule has 1 aromatic heterocycles. The van der Waals surface area contributed by atoms with E-state index in [9.17, 15) is 29.1 Å². The molecule has 0 unspecified atom stereocenters. The molecule has 1 rings (SSSR count). The number of pyridine rings is 1. The summed E-state index contributed by atoms with van der Waals surface area (Å²) < 4.78 is 0. The smallest absolute Gasteiger partial charge is 0.326 e. The number of carboxylic acids is 3. The van der Waals surface area contributed by atoms with Crippen LogP contribution in [0, 0.1) is 0 Å². The van der Waals surface area contributed by atoms with Gasteiger partial charge < -0.3 is 31.3 Å². The van der Waals surface area contributed by atoms with E-state index in [0.717, 1.165) is 0 Å². The van der Waals surface area contributed by atoms with Gasteiger partial charge in [0.1, 0.15) is 17.8 Å². The van der Waals surface area contributed by atoms with Gasteiger partial charge in [0.05, 0.1) is 0 Å². The molecule has 12 heteroatoms. The van der Waals surface area contributed by atoms with Crippen LogP contribution in [0.5, 0.6) is 0 Å². The molecule has 30 heavy (non-hydrogen) atoms. The fourth-order valence-electron chi connectivity index (χ4n) is 2.40. The van der Waals surface area contributed by atoms with Gasteiger partial charge in [0.25, 0.3) is 5.91 Å². The van der Waals surface area contributed by atoms with Crippen LogP contribution in [0.1, 0.15) is 42.6 Å². The van der Waals surface area contributed by atoms with Crippen LogP contribution >= 0.6 is 0 Å². The minimum absolute atomic E-state index is 0.0507. The number of carbonyl (C=O) groups excluding carboxylic acids is 2. The molecule has 0 aromatic carbocycles. The van der Waals surface area contributed by atoms with E-state index < -0.39 is 42.4 Å². The Bertz CT molecular complexity index is 756. The standard InChI is InChI=1S/C18H24N4O8/c23-14(24)8-7-13(17(28)29)22-18(30)21-12(16(26)27)6-2-4-10-20-15(25)11-5-1-3-9-19-11/h1,3,5,9,12-13H,2,4,6-8,10H2,(H,20,25)(H,23,24)(H,26,27)(H,28,29)(H2,21,22,30)/t12-,13-/m0/s1. The number of carbonyl (C=O) groups is 5. The summed E-state index contributed by atoms with van der Waals surface area (Å²) in [5, 5.41) is 33.7. The van der Waals surface area contributed by atoms with Gasteiger partial charge in [-0.25, -0.2) is 14.4 Å². The first-order valence-corrected chi connectivity index (χ1v) is 9.14. The molecule has 0 saturated carbocycles. The van der Waals surface area contributed by atoms with Crippen molar-refractivity contribution in [2.75, 3.05) is 6.54 Å². The van der Waals surface area contributed by atoms with Gasteiger partial charge in [0.15, 0.2) is 0 Å². The fourth-order valence-corrected chi connectivity index (χ4v) is 2.40. The van der Waals surface area contributed by atoms with Crippen molar-refractivity contribution in [2.24, 2.45) is 0 Å². The molecule has 0 aliphatic rings. The van der Waals surface area contributed by atoms with Gasteiger partial charge in [-0.05, 0) is 37.8 Å². The summed E-state index contributed by atoms with van der Waals surface area (Å²) in [7, 11) is 0. The van der Waals surface area contributed by atoms with Crippen molar-refractivity contribution in [1.29, 1.82) is 0 Å². The lowest BCUT2D eigenvalue weighted by Gasteiger charge is -2.18. The van der Waals surface area contributed by atoms with Crippen LogP contribution in [-0.4, -0.2) is 68.8 Å². The van der Waals surface area contributed by atoms with Crippen molar-refractivity contribution in [3.8, 4) is 0 Å². The summed E-state index contributed by atoms with van der Waals surface area (Å²) >= 11 is 0. The number of amides is 3. The predicted molar refractivity (Wildman–Crippen MR) is 102 cm³/mol. The monoisotopic (exact) mass is 424 g/mol. The summed E-state index contributed by atoms with van der Waals surface area (Å²) in [5.74, 6) is -4.31. The number of carboxylic acid groups (broad SMARTS) is 3. The molecular formula is C18H24N4O8. The molecule has 0 aliphatic carbocycles. The lowest BCUT2D eigenvalue weighted by molar-refractivity contribution is -0.140. The van der Waals surface area contributed by atoms with Crippen LogP contribution in [0.15, 0.2) is 24.4 Å². The Balaban J connectivity index is 2.39. The maximum Gasteiger partial charge on any atom is 0.326 e. The van der Waals surface area contributed by atoms with Crippen LogP contribution < -0.4 is 16.0 Å². The first-order chi connectivity index (χ1) is 14.2. The van der Waals surface area contributed by atoms with Crippen molar-refractivity contribution >= 4 is 29.8 Å². The Hall–Kier alpha value is -3.70. The normalized spacial score (nSPS) is 12.3. The Kier molecular flexibility index (Phi) is 10.3. The maximum absolute atomic E-state index is 11.9. The zero-order valence-electron chi connectivity index (χ0n) is 16.0. The Labute approximate surface area is 171 Å². The molecule has 164 valence electrons. The molecule has 0 bridgehead atoms. The minimum atomic E-state index is -1.46. The first-order valence-electron chi connectivity index (χ1n) is 9.14. The Morgan fingerprint density at radius 2 is 1.53 bits per heavy atom. The second kappa shape index (κ2) is 12.7.